The van der Waals surface area contributed by atoms with E-state index in [4.69, 9.17) is 27.1 Å². The summed E-state index contributed by atoms with van der Waals surface area (Å²) >= 11 is 0. The number of rotatable bonds is 10. The summed E-state index contributed by atoms with van der Waals surface area (Å²) < 4.78 is 106. The molecule has 0 radical (unpaired) electrons. The number of carbonyl (C=O) groups excluding carboxylic acids is 1. The van der Waals surface area contributed by atoms with E-state index in [1.165, 1.54) is 6.07 Å². The first kappa shape index (κ1) is 36.8. The van der Waals surface area contributed by atoms with Gasteiger partial charge in [-0.1, -0.05) is 24.3 Å². The lowest BCUT2D eigenvalue weighted by atomic mass is 9.88. The van der Waals surface area contributed by atoms with Gasteiger partial charge < -0.3 is 14.4 Å². The maximum absolute atomic E-state index is 12.0. The van der Waals surface area contributed by atoms with Gasteiger partial charge in [0.2, 0.25) is 5.36 Å². The van der Waals surface area contributed by atoms with Crippen molar-refractivity contribution in [1.82, 2.24) is 4.58 Å². The van der Waals surface area contributed by atoms with Crippen molar-refractivity contribution in [3.05, 3.63) is 82.0 Å². The molecule has 0 spiro atoms. The van der Waals surface area contributed by atoms with E-state index in [0.29, 0.717) is 70.9 Å². The molecule has 50 heavy (non-hydrogen) atoms. The second-order valence-electron chi connectivity index (χ2n) is 12.3. The highest BCUT2D eigenvalue weighted by molar-refractivity contribution is 7.86. The van der Waals surface area contributed by atoms with Crippen LogP contribution >= 0.6 is 0 Å². The SMILES string of the molecule is CC1(C)C=C(CS(=O)(=O)O)c2cc3c(cc2N1CCCOC=O)Oc1cc2c(cc1=N3)CCC[N+]=2Cc1ccccc1S(=O)(=O)O.O=S(=O)=O. The monoisotopic (exact) mass is 748 g/mol. The van der Waals surface area contributed by atoms with Crippen LogP contribution in [0.3, 0.4) is 0 Å². The van der Waals surface area contributed by atoms with Crippen LogP contribution in [0.15, 0.2) is 64.5 Å². The van der Waals surface area contributed by atoms with Crippen LogP contribution < -0.4 is 24.9 Å². The number of anilines is 1. The highest BCUT2D eigenvalue weighted by Gasteiger charge is 2.35. The van der Waals surface area contributed by atoms with Crippen molar-refractivity contribution in [1.29, 1.82) is 0 Å². The number of nitrogens with zero attached hydrogens (tertiary/aromatic N) is 3. The van der Waals surface area contributed by atoms with Gasteiger partial charge >= 0.3 is 10.6 Å². The predicted molar refractivity (Wildman–Crippen MR) is 180 cm³/mol. The Bertz CT molecular complexity index is 2350. The molecule has 2 N–H and O–H groups in total. The van der Waals surface area contributed by atoms with E-state index in [0.717, 1.165) is 23.8 Å². The third-order valence-electron chi connectivity index (χ3n) is 8.43. The Hall–Kier alpha value is -4.49. The largest absolute Gasteiger partial charge is 0.468 e. The van der Waals surface area contributed by atoms with Crippen LogP contribution in [-0.2, 0) is 53.3 Å². The van der Waals surface area contributed by atoms with Gasteiger partial charge in [-0.05, 0) is 50.5 Å². The molecule has 0 atom stereocenters. The molecule has 0 bridgehead atoms. The van der Waals surface area contributed by atoms with Crippen LogP contribution in [0.5, 0.6) is 11.5 Å². The van der Waals surface area contributed by atoms with Crippen molar-refractivity contribution in [3.63, 3.8) is 0 Å². The number of ether oxygens (including phenoxy) is 2. The Morgan fingerprint density at radius 1 is 1.06 bits per heavy atom. The van der Waals surface area contributed by atoms with Crippen molar-refractivity contribution < 1.29 is 52.8 Å². The molecule has 3 aliphatic rings. The molecule has 0 aromatic heterocycles. The number of benzene rings is 3. The van der Waals surface area contributed by atoms with Gasteiger partial charge in [-0.2, -0.15) is 16.8 Å². The molecule has 0 unspecified atom stereocenters. The van der Waals surface area contributed by atoms with Gasteiger partial charge in [-0.25, -0.2) is 9.57 Å². The number of hydrogen-bond donors (Lipinski definition) is 2. The summed E-state index contributed by atoms with van der Waals surface area (Å²) in [6.45, 7) is 5.91. The third-order valence-corrected chi connectivity index (χ3v) is 10.1. The lowest BCUT2D eigenvalue weighted by Crippen LogP contribution is -2.46. The van der Waals surface area contributed by atoms with Crippen LogP contribution in [0.4, 0.5) is 11.4 Å². The summed E-state index contributed by atoms with van der Waals surface area (Å²) in [6.07, 6.45) is 3.96. The normalized spacial score (nSPS) is 15.7. The summed E-state index contributed by atoms with van der Waals surface area (Å²) in [5, 5.41) is 1.48. The topological polar surface area (TPSA) is 214 Å². The molecular weight excluding hydrogens is 715 g/mol. The number of carbonyl (C=O) groups is 1. The molecule has 3 aromatic carbocycles. The molecule has 15 nitrogen and oxygen atoms in total. The van der Waals surface area contributed by atoms with Crippen LogP contribution in [-0.4, -0.2) is 76.0 Å². The number of hydrogen-bond acceptors (Lipinski definition) is 12. The average Bonchev–Trinajstić information content (AvgIpc) is 3.00. The molecule has 266 valence electrons. The molecule has 0 amide bonds. The average molecular weight is 749 g/mol. The quantitative estimate of drug-likeness (QED) is 0.103. The highest BCUT2D eigenvalue weighted by atomic mass is 32.2. The van der Waals surface area contributed by atoms with Gasteiger partial charge in [0.15, 0.2) is 18.0 Å². The summed E-state index contributed by atoms with van der Waals surface area (Å²) in [5.74, 6) is 0.408. The Morgan fingerprint density at radius 2 is 1.78 bits per heavy atom. The minimum atomic E-state index is -4.40. The molecule has 0 aliphatic carbocycles. The molecule has 6 rings (SSSR count). The lowest BCUT2D eigenvalue weighted by molar-refractivity contribution is -0.128. The maximum Gasteiger partial charge on any atom is 0.425 e. The van der Waals surface area contributed by atoms with E-state index in [9.17, 15) is 30.7 Å². The smallest absolute Gasteiger partial charge is 0.425 e. The first-order valence-corrected chi connectivity index (χ1v) is 19.3. The lowest BCUT2D eigenvalue weighted by Gasteiger charge is -2.44. The molecule has 3 aliphatic heterocycles. The van der Waals surface area contributed by atoms with Crippen molar-refractivity contribution in [2.45, 2.75) is 50.1 Å². The standard InChI is InChI=1S/C32H33N3O9S2.O3S/c1-32(2)17-23(19-45(37,38)39)24-14-26-30(16-28(24)35(32)11-6-12-43-20-36)44-29-15-27-21(13-25(29)33-26)8-5-10-34(27)18-22-7-3-4-9-31(22)46(40,41)42;1-4(2)3/h3-4,7,9,13-17,20H,5-6,8,10-12,18-19H2,1-2H3,(H-,37,38,39,40,41,42);/p+1. The fourth-order valence-corrected chi connectivity index (χ4v) is 7.87. The second-order valence-corrected chi connectivity index (χ2v) is 15.6. The van der Waals surface area contributed by atoms with Crippen molar-refractivity contribution in [3.8, 4) is 11.5 Å². The zero-order chi connectivity index (χ0) is 36.4. The fraction of sp³-hybridized carbons (Fsp3) is 0.344. The second kappa shape index (κ2) is 14.4. The first-order valence-electron chi connectivity index (χ1n) is 15.3. The van der Waals surface area contributed by atoms with Crippen molar-refractivity contribution in [2.75, 3.05) is 30.3 Å². The van der Waals surface area contributed by atoms with Gasteiger partial charge in [-0.15, -0.1) is 12.6 Å². The van der Waals surface area contributed by atoms with Gasteiger partial charge in [0, 0.05) is 41.4 Å². The highest BCUT2D eigenvalue weighted by Crippen LogP contribution is 2.46. The van der Waals surface area contributed by atoms with Gasteiger partial charge in [0.1, 0.15) is 28.2 Å². The maximum atomic E-state index is 12.0. The summed E-state index contributed by atoms with van der Waals surface area (Å²) in [7, 11) is -11.8. The minimum Gasteiger partial charge on any atom is -0.468 e. The Morgan fingerprint density at radius 3 is 2.46 bits per heavy atom. The van der Waals surface area contributed by atoms with Gasteiger partial charge in [0.05, 0.1) is 18.2 Å². The fourth-order valence-electron chi connectivity index (χ4n) is 6.53. The predicted octanol–water partition coefficient (Wildman–Crippen LogP) is 2.06. The summed E-state index contributed by atoms with van der Waals surface area (Å²) in [4.78, 5) is 17.5. The summed E-state index contributed by atoms with van der Waals surface area (Å²) in [6, 6.07) is 13.8. The van der Waals surface area contributed by atoms with E-state index in [1.54, 1.807) is 24.3 Å². The van der Waals surface area contributed by atoms with E-state index in [2.05, 4.69) is 9.48 Å². The molecule has 0 fully saturated rings. The van der Waals surface area contributed by atoms with E-state index in [-0.39, 0.29) is 18.0 Å². The zero-order valence-corrected chi connectivity index (χ0v) is 29.4. The molecule has 3 heterocycles. The van der Waals surface area contributed by atoms with Gasteiger partial charge in [-0.3, -0.25) is 13.9 Å². The third kappa shape index (κ3) is 8.44. The number of aryl methyl sites for hydroxylation is 1. The first-order chi connectivity index (χ1) is 23.5. The van der Waals surface area contributed by atoms with Crippen LogP contribution in [0.1, 0.15) is 43.4 Å². The Kier molecular flexibility index (Phi) is 10.6. The molecular formula is C32H34N3O12S3+. The van der Waals surface area contributed by atoms with E-state index < -0.39 is 42.1 Å². The molecule has 0 saturated carbocycles. The summed E-state index contributed by atoms with van der Waals surface area (Å²) in [5.41, 5.74) is 3.09. The van der Waals surface area contributed by atoms with Crippen molar-refractivity contribution in [2.24, 2.45) is 4.99 Å². The van der Waals surface area contributed by atoms with E-state index >= 15 is 0 Å². The van der Waals surface area contributed by atoms with Crippen molar-refractivity contribution >= 4 is 54.3 Å². The zero-order valence-electron chi connectivity index (χ0n) is 27.0. The molecule has 3 aromatic rings. The molecule has 18 heteroatoms. The Labute approximate surface area is 289 Å². The van der Waals surface area contributed by atoms with E-state index in [1.807, 2.05) is 38.1 Å². The van der Waals surface area contributed by atoms with Gasteiger partial charge in [0.25, 0.3) is 26.7 Å². The molecule has 0 saturated heterocycles. The van der Waals surface area contributed by atoms with Crippen LogP contribution in [0.2, 0.25) is 0 Å². The number of fused-ring (bicyclic) bond motifs is 4. The van der Waals surface area contributed by atoms with Crippen LogP contribution in [0.25, 0.3) is 5.57 Å². The minimum absolute atomic E-state index is 0.127. The Balaban J connectivity index is 0.00000115. The van der Waals surface area contributed by atoms with Crippen LogP contribution in [0, 0.1) is 0 Å².